The van der Waals surface area contributed by atoms with E-state index in [4.69, 9.17) is 0 Å². The first-order valence-corrected chi connectivity index (χ1v) is 6.17. The van der Waals surface area contributed by atoms with Crippen LogP contribution in [0, 0.1) is 0 Å². The van der Waals surface area contributed by atoms with Crippen LogP contribution < -0.4 is 0 Å². The Bertz CT molecular complexity index is 535. The number of hydrogen-bond acceptors (Lipinski definition) is 4. The molecule has 1 heterocycles. The fourth-order valence-corrected chi connectivity index (χ4v) is 2.80. The Morgan fingerprint density at radius 3 is 2.94 bits per heavy atom. The molecule has 0 aliphatic carbocycles. The van der Waals surface area contributed by atoms with Gasteiger partial charge < -0.3 is 9.84 Å². The van der Waals surface area contributed by atoms with E-state index in [0.29, 0.717) is 4.88 Å². The van der Waals surface area contributed by atoms with Crippen molar-refractivity contribution in [2.45, 2.75) is 6.10 Å². The van der Waals surface area contributed by atoms with E-state index < -0.39 is 12.1 Å². The van der Waals surface area contributed by atoms with Crippen LogP contribution in [0.2, 0.25) is 0 Å². The molecular weight excluding hydrogens is 292 g/mol. The SMILES string of the molecule is COC(=O)C(O)c1cc2cc(Br)ccc2s1. The monoisotopic (exact) mass is 300 g/mol. The van der Waals surface area contributed by atoms with Gasteiger partial charge in [-0.05, 0) is 29.7 Å². The molecule has 0 saturated heterocycles. The topological polar surface area (TPSA) is 46.5 Å². The molecule has 0 spiro atoms. The molecule has 1 aromatic carbocycles. The van der Waals surface area contributed by atoms with Crippen molar-refractivity contribution in [1.82, 2.24) is 0 Å². The lowest BCUT2D eigenvalue weighted by Crippen LogP contribution is -2.11. The maximum absolute atomic E-state index is 11.2. The summed E-state index contributed by atoms with van der Waals surface area (Å²) in [5.41, 5.74) is 0. The summed E-state index contributed by atoms with van der Waals surface area (Å²) in [6, 6.07) is 7.61. The van der Waals surface area contributed by atoms with Crippen molar-refractivity contribution in [3.8, 4) is 0 Å². The zero-order valence-electron chi connectivity index (χ0n) is 8.44. The van der Waals surface area contributed by atoms with Crippen LogP contribution in [0.25, 0.3) is 10.1 Å². The van der Waals surface area contributed by atoms with Crippen LogP contribution in [0.15, 0.2) is 28.7 Å². The Morgan fingerprint density at radius 1 is 1.50 bits per heavy atom. The number of rotatable bonds is 2. The summed E-state index contributed by atoms with van der Waals surface area (Å²) in [6.07, 6.45) is -1.19. The standard InChI is InChI=1S/C11H9BrO3S/c1-15-11(14)10(13)9-5-6-4-7(12)2-3-8(6)16-9/h2-5,10,13H,1H3. The van der Waals surface area contributed by atoms with Gasteiger partial charge in [0.05, 0.1) is 7.11 Å². The fourth-order valence-electron chi connectivity index (χ4n) is 1.40. The number of thiophene rings is 1. The molecule has 0 fully saturated rings. The maximum atomic E-state index is 11.2. The van der Waals surface area contributed by atoms with Gasteiger partial charge in [-0.15, -0.1) is 11.3 Å². The van der Waals surface area contributed by atoms with Crippen molar-refractivity contribution in [2.24, 2.45) is 0 Å². The van der Waals surface area contributed by atoms with Crippen molar-refractivity contribution in [1.29, 1.82) is 0 Å². The number of hydrogen-bond donors (Lipinski definition) is 1. The minimum absolute atomic E-state index is 0.597. The molecule has 16 heavy (non-hydrogen) atoms. The minimum atomic E-state index is -1.19. The van der Waals surface area contributed by atoms with Gasteiger partial charge >= 0.3 is 5.97 Å². The average molecular weight is 301 g/mol. The van der Waals surface area contributed by atoms with Crippen molar-refractivity contribution in [3.63, 3.8) is 0 Å². The number of methoxy groups -OCH3 is 1. The molecule has 2 rings (SSSR count). The highest BCUT2D eigenvalue weighted by Crippen LogP contribution is 2.32. The van der Waals surface area contributed by atoms with E-state index in [2.05, 4.69) is 20.7 Å². The van der Waals surface area contributed by atoms with E-state index >= 15 is 0 Å². The predicted octanol–water partition coefficient (Wildman–Crippen LogP) is 2.87. The first-order valence-electron chi connectivity index (χ1n) is 4.56. The first-order chi connectivity index (χ1) is 7.61. The molecule has 1 atom stereocenters. The number of aliphatic hydroxyl groups is 1. The van der Waals surface area contributed by atoms with E-state index in [9.17, 15) is 9.90 Å². The average Bonchev–Trinajstić information content (AvgIpc) is 2.69. The van der Waals surface area contributed by atoms with Gasteiger partial charge in [-0.1, -0.05) is 15.9 Å². The maximum Gasteiger partial charge on any atom is 0.340 e. The molecule has 0 aliphatic heterocycles. The Kier molecular flexibility index (Phi) is 3.28. The van der Waals surface area contributed by atoms with Crippen LogP contribution in [-0.4, -0.2) is 18.2 Å². The normalized spacial score (nSPS) is 12.7. The zero-order valence-corrected chi connectivity index (χ0v) is 10.8. The lowest BCUT2D eigenvalue weighted by molar-refractivity contribution is -0.150. The highest BCUT2D eigenvalue weighted by Gasteiger charge is 2.20. The van der Waals surface area contributed by atoms with E-state index in [1.54, 1.807) is 6.07 Å². The van der Waals surface area contributed by atoms with Crippen LogP contribution in [0.5, 0.6) is 0 Å². The van der Waals surface area contributed by atoms with Gasteiger partial charge in [0.1, 0.15) is 0 Å². The Morgan fingerprint density at radius 2 is 2.25 bits per heavy atom. The highest BCUT2D eigenvalue weighted by molar-refractivity contribution is 9.10. The number of fused-ring (bicyclic) bond motifs is 1. The molecule has 84 valence electrons. The van der Waals surface area contributed by atoms with Gasteiger partial charge in [-0.2, -0.15) is 0 Å². The van der Waals surface area contributed by atoms with E-state index in [1.807, 2.05) is 18.2 Å². The van der Waals surface area contributed by atoms with Crippen molar-refractivity contribution >= 4 is 43.3 Å². The Hall–Kier alpha value is -0.910. The van der Waals surface area contributed by atoms with Crippen molar-refractivity contribution in [3.05, 3.63) is 33.6 Å². The number of benzene rings is 1. The van der Waals surface area contributed by atoms with Crippen molar-refractivity contribution in [2.75, 3.05) is 7.11 Å². The molecule has 1 aromatic heterocycles. The van der Waals surface area contributed by atoms with Crippen molar-refractivity contribution < 1.29 is 14.6 Å². The summed E-state index contributed by atoms with van der Waals surface area (Å²) in [5, 5.41) is 10.7. The molecule has 0 radical (unpaired) electrons. The summed E-state index contributed by atoms with van der Waals surface area (Å²) in [5.74, 6) is -0.634. The number of aliphatic hydroxyl groups excluding tert-OH is 1. The Balaban J connectivity index is 2.43. The van der Waals surface area contributed by atoms with E-state index in [1.165, 1.54) is 18.4 Å². The van der Waals surface area contributed by atoms with Gasteiger partial charge in [0.25, 0.3) is 0 Å². The minimum Gasteiger partial charge on any atom is -0.467 e. The molecular formula is C11H9BrO3S. The van der Waals surface area contributed by atoms with E-state index in [-0.39, 0.29) is 0 Å². The molecule has 0 amide bonds. The molecule has 0 aliphatic rings. The van der Waals surface area contributed by atoms with E-state index in [0.717, 1.165) is 14.6 Å². The molecule has 1 N–H and O–H groups in total. The largest absolute Gasteiger partial charge is 0.467 e. The quantitative estimate of drug-likeness (QED) is 0.868. The molecule has 1 unspecified atom stereocenters. The van der Waals surface area contributed by atoms with Gasteiger partial charge in [0.15, 0.2) is 6.10 Å². The molecule has 3 nitrogen and oxygen atoms in total. The zero-order chi connectivity index (χ0) is 11.7. The summed E-state index contributed by atoms with van der Waals surface area (Å²) in [6.45, 7) is 0. The van der Waals surface area contributed by atoms with Gasteiger partial charge in [0.2, 0.25) is 0 Å². The smallest absolute Gasteiger partial charge is 0.340 e. The van der Waals surface area contributed by atoms with Crippen LogP contribution >= 0.6 is 27.3 Å². The second-order valence-electron chi connectivity index (χ2n) is 3.26. The van der Waals surface area contributed by atoms with Crippen LogP contribution in [0.4, 0.5) is 0 Å². The second-order valence-corrected chi connectivity index (χ2v) is 5.29. The first kappa shape index (κ1) is 11.6. The van der Waals surface area contributed by atoms with Gasteiger partial charge in [0, 0.05) is 14.0 Å². The summed E-state index contributed by atoms with van der Waals surface area (Å²) in [7, 11) is 1.26. The lowest BCUT2D eigenvalue weighted by Gasteiger charge is -2.04. The van der Waals surface area contributed by atoms with Crippen LogP contribution in [0.1, 0.15) is 11.0 Å². The molecule has 0 saturated carbocycles. The van der Waals surface area contributed by atoms with Gasteiger partial charge in [-0.3, -0.25) is 0 Å². The number of carbonyl (C=O) groups excluding carboxylic acids is 1. The summed E-state index contributed by atoms with van der Waals surface area (Å²) < 4.78 is 6.49. The summed E-state index contributed by atoms with van der Waals surface area (Å²) >= 11 is 4.76. The van der Waals surface area contributed by atoms with Crippen LogP contribution in [0.3, 0.4) is 0 Å². The lowest BCUT2D eigenvalue weighted by atomic mass is 10.2. The molecule has 5 heteroatoms. The molecule has 0 bridgehead atoms. The van der Waals surface area contributed by atoms with Crippen LogP contribution in [-0.2, 0) is 9.53 Å². The number of esters is 1. The fraction of sp³-hybridized carbons (Fsp3) is 0.182. The predicted molar refractivity (Wildman–Crippen MR) is 66.5 cm³/mol. The van der Waals surface area contributed by atoms with Gasteiger partial charge in [-0.25, -0.2) is 4.79 Å². The third-order valence-electron chi connectivity index (χ3n) is 2.19. The summed E-state index contributed by atoms with van der Waals surface area (Å²) in [4.78, 5) is 11.8. The third-order valence-corrected chi connectivity index (χ3v) is 3.85. The Labute approximate surface area is 105 Å². The third kappa shape index (κ3) is 2.11. The second kappa shape index (κ2) is 4.53. The number of halogens is 1. The number of ether oxygens (including phenoxy) is 1. The number of carbonyl (C=O) groups is 1. The molecule has 2 aromatic rings. The highest BCUT2D eigenvalue weighted by atomic mass is 79.9.